The molecule has 11 heavy (non-hydrogen) atoms. The van der Waals surface area contributed by atoms with E-state index in [-0.39, 0.29) is 0 Å². The van der Waals surface area contributed by atoms with Crippen molar-refractivity contribution in [3.8, 4) is 0 Å². The monoisotopic (exact) mass is 190 g/mol. The largest absolute Gasteiger partial charge is 0.593 e. The molecule has 0 spiro atoms. The minimum Gasteiger partial charge on any atom is -0.593 e. The fraction of sp³-hybridized carbons (Fsp3) is 0.167. The number of pyridine rings is 1. The fourth-order valence-corrected chi connectivity index (χ4v) is 1.17. The second-order valence-corrected chi connectivity index (χ2v) is 3.43. The van der Waals surface area contributed by atoms with E-state index in [4.69, 9.17) is 11.6 Å². The van der Waals surface area contributed by atoms with Gasteiger partial charge in [-0.3, -0.25) is 0 Å². The Balaban J connectivity index is 2.66. The number of hydrogen-bond donors (Lipinski definition) is 1. The van der Waals surface area contributed by atoms with E-state index in [9.17, 15) is 4.55 Å². The summed E-state index contributed by atoms with van der Waals surface area (Å²) >= 11 is 4.48. The lowest BCUT2D eigenvalue weighted by Gasteiger charge is -2.05. The first-order valence-corrected chi connectivity index (χ1v) is 4.84. The summed E-state index contributed by atoms with van der Waals surface area (Å²) in [6.07, 6.45) is 3.08. The lowest BCUT2D eigenvalue weighted by Crippen LogP contribution is -2.09. The van der Waals surface area contributed by atoms with Crippen LogP contribution in [0.1, 0.15) is 0 Å². The third-order valence-electron chi connectivity index (χ3n) is 0.989. The Morgan fingerprint density at radius 1 is 1.64 bits per heavy atom. The van der Waals surface area contributed by atoms with Crippen molar-refractivity contribution >= 4 is 28.7 Å². The van der Waals surface area contributed by atoms with Gasteiger partial charge in [0.15, 0.2) is 0 Å². The molecule has 1 heterocycles. The van der Waals surface area contributed by atoms with Crippen LogP contribution >= 0.6 is 11.6 Å². The zero-order valence-electron chi connectivity index (χ0n) is 5.87. The van der Waals surface area contributed by atoms with Gasteiger partial charge in [0.05, 0.1) is 17.6 Å². The molecule has 1 rings (SSSR count). The lowest BCUT2D eigenvalue weighted by molar-refractivity contribution is 0.605. The summed E-state index contributed by atoms with van der Waals surface area (Å²) < 4.78 is 13.3. The van der Waals surface area contributed by atoms with Crippen LogP contribution in [0.3, 0.4) is 0 Å². The number of nitrogens with one attached hydrogen (secondary N) is 1. The standard InChI is InChI=1S/C6H7ClN2OS/c1-11(10)9-5-2-3-6(7)8-4-5/h2-4,9H,1H3. The first kappa shape index (κ1) is 8.64. The van der Waals surface area contributed by atoms with Gasteiger partial charge in [-0.05, 0) is 12.1 Å². The molecule has 0 aliphatic heterocycles. The SMILES string of the molecule is C[S+]([O-])Nc1ccc(Cl)nc1. The fourth-order valence-electron chi connectivity index (χ4n) is 0.602. The maximum Gasteiger partial charge on any atom is 0.129 e. The maximum absolute atomic E-state index is 10.6. The summed E-state index contributed by atoms with van der Waals surface area (Å²) in [7, 11) is 0. The van der Waals surface area contributed by atoms with Crippen molar-refractivity contribution in [1.82, 2.24) is 4.98 Å². The van der Waals surface area contributed by atoms with E-state index in [1.165, 1.54) is 6.20 Å². The van der Waals surface area contributed by atoms with Crippen LogP contribution in [0.15, 0.2) is 18.3 Å². The first-order valence-electron chi connectivity index (χ1n) is 2.90. The van der Waals surface area contributed by atoms with E-state index >= 15 is 0 Å². The maximum atomic E-state index is 10.6. The Labute approximate surface area is 73.1 Å². The van der Waals surface area contributed by atoms with Crippen LogP contribution in [0.4, 0.5) is 5.69 Å². The lowest BCUT2D eigenvalue weighted by atomic mass is 10.4. The summed E-state index contributed by atoms with van der Waals surface area (Å²) in [5.74, 6) is 0. The topological polar surface area (TPSA) is 48.0 Å². The Kier molecular flexibility index (Phi) is 2.99. The zero-order chi connectivity index (χ0) is 8.27. The van der Waals surface area contributed by atoms with E-state index in [2.05, 4.69) is 9.71 Å². The van der Waals surface area contributed by atoms with Gasteiger partial charge in [-0.25, -0.2) is 9.71 Å². The molecule has 0 fully saturated rings. The third kappa shape index (κ3) is 2.96. The van der Waals surface area contributed by atoms with Crippen LogP contribution in [0.2, 0.25) is 5.15 Å². The minimum atomic E-state index is -1.06. The molecule has 1 N–H and O–H groups in total. The van der Waals surface area contributed by atoms with Gasteiger partial charge in [-0.15, -0.1) is 0 Å². The number of hydrogen-bond acceptors (Lipinski definition) is 3. The molecule has 0 bridgehead atoms. The van der Waals surface area contributed by atoms with E-state index < -0.39 is 11.4 Å². The highest BCUT2D eigenvalue weighted by Gasteiger charge is 1.97. The number of anilines is 1. The van der Waals surface area contributed by atoms with Gasteiger partial charge in [-0.1, -0.05) is 11.6 Å². The van der Waals surface area contributed by atoms with Gasteiger partial charge >= 0.3 is 0 Å². The molecular formula is C6H7ClN2OS. The molecule has 3 nitrogen and oxygen atoms in total. The van der Waals surface area contributed by atoms with Crippen molar-refractivity contribution in [2.75, 3.05) is 11.0 Å². The van der Waals surface area contributed by atoms with Crippen LogP contribution in [0.25, 0.3) is 0 Å². The quantitative estimate of drug-likeness (QED) is 0.567. The highest BCUT2D eigenvalue weighted by Crippen LogP contribution is 2.10. The molecule has 1 aromatic rings. The highest BCUT2D eigenvalue weighted by atomic mass is 35.5. The number of nitrogens with zero attached hydrogens (tertiary/aromatic N) is 1. The summed E-state index contributed by atoms with van der Waals surface area (Å²) in [6.45, 7) is 0. The van der Waals surface area contributed by atoms with Crippen LogP contribution in [-0.4, -0.2) is 15.8 Å². The van der Waals surface area contributed by atoms with E-state index in [0.717, 1.165) is 0 Å². The summed E-state index contributed by atoms with van der Waals surface area (Å²) in [4.78, 5) is 3.80. The Morgan fingerprint density at radius 2 is 2.36 bits per heavy atom. The Hall–Kier alpha value is -0.450. The van der Waals surface area contributed by atoms with Crippen LogP contribution in [0, 0.1) is 0 Å². The summed E-state index contributed by atoms with van der Waals surface area (Å²) in [5.41, 5.74) is 0.704. The van der Waals surface area contributed by atoms with Crippen molar-refractivity contribution in [2.24, 2.45) is 0 Å². The molecule has 0 aliphatic rings. The number of aromatic nitrogens is 1. The molecule has 1 unspecified atom stereocenters. The predicted octanol–water partition coefficient (Wildman–Crippen LogP) is 1.44. The average Bonchev–Trinajstić information content (AvgIpc) is 1.93. The molecule has 1 atom stereocenters. The van der Waals surface area contributed by atoms with Gasteiger partial charge in [0.2, 0.25) is 0 Å². The first-order chi connectivity index (χ1) is 5.18. The molecule has 0 radical (unpaired) electrons. The van der Waals surface area contributed by atoms with Gasteiger partial charge in [-0.2, -0.15) is 0 Å². The van der Waals surface area contributed by atoms with Crippen molar-refractivity contribution < 1.29 is 4.55 Å². The molecule has 0 amide bonds. The normalized spacial score (nSPS) is 12.6. The molecule has 0 saturated heterocycles. The van der Waals surface area contributed by atoms with Gasteiger partial charge in [0, 0.05) is 0 Å². The van der Waals surface area contributed by atoms with Crippen molar-refractivity contribution in [3.63, 3.8) is 0 Å². The van der Waals surface area contributed by atoms with Gasteiger partial charge in [0.1, 0.15) is 17.1 Å². The van der Waals surface area contributed by atoms with Crippen LogP contribution in [-0.2, 0) is 11.4 Å². The van der Waals surface area contributed by atoms with E-state index in [1.54, 1.807) is 18.4 Å². The second kappa shape index (κ2) is 3.80. The van der Waals surface area contributed by atoms with Gasteiger partial charge in [0.25, 0.3) is 0 Å². The van der Waals surface area contributed by atoms with Crippen molar-refractivity contribution in [3.05, 3.63) is 23.5 Å². The van der Waals surface area contributed by atoms with Gasteiger partial charge < -0.3 is 4.55 Å². The van der Waals surface area contributed by atoms with Crippen molar-refractivity contribution in [2.45, 2.75) is 0 Å². The molecule has 0 aromatic carbocycles. The van der Waals surface area contributed by atoms with Crippen molar-refractivity contribution in [1.29, 1.82) is 0 Å². The smallest absolute Gasteiger partial charge is 0.129 e. The molecule has 60 valence electrons. The number of halogens is 1. The van der Waals surface area contributed by atoms with E-state index in [1.807, 2.05) is 0 Å². The predicted molar refractivity (Wildman–Crippen MR) is 46.9 cm³/mol. The highest BCUT2D eigenvalue weighted by molar-refractivity contribution is 7.92. The Bertz CT molecular complexity index is 227. The Morgan fingerprint density at radius 3 is 2.82 bits per heavy atom. The molecular weight excluding hydrogens is 184 g/mol. The zero-order valence-corrected chi connectivity index (χ0v) is 7.45. The average molecular weight is 191 g/mol. The minimum absolute atomic E-state index is 0.428. The third-order valence-corrected chi connectivity index (χ3v) is 1.74. The molecule has 5 heteroatoms. The van der Waals surface area contributed by atoms with Crippen LogP contribution < -0.4 is 4.72 Å². The second-order valence-electron chi connectivity index (χ2n) is 1.93. The molecule has 1 aromatic heterocycles. The van der Waals surface area contributed by atoms with Crippen LogP contribution in [0.5, 0.6) is 0 Å². The molecule has 0 aliphatic carbocycles. The van der Waals surface area contributed by atoms with E-state index in [0.29, 0.717) is 10.8 Å². The summed E-state index contributed by atoms with van der Waals surface area (Å²) in [6, 6.07) is 3.35. The number of rotatable bonds is 2. The molecule has 0 saturated carbocycles. The summed E-state index contributed by atoms with van der Waals surface area (Å²) in [5, 5.41) is 0.428.